The lowest BCUT2D eigenvalue weighted by Crippen LogP contribution is -2.25. The summed E-state index contributed by atoms with van der Waals surface area (Å²) < 4.78 is 12.9. The normalized spacial score (nSPS) is 18.3. The maximum atomic E-state index is 12.9. The Kier molecular flexibility index (Phi) is 2.48. The second-order valence-electron chi connectivity index (χ2n) is 2.95. The van der Waals surface area contributed by atoms with Gasteiger partial charge in [-0.1, -0.05) is 37.3 Å². The van der Waals surface area contributed by atoms with E-state index in [2.05, 4.69) is 6.92 Å². The Morgan fingerprint density at radius 3 is 2.33 bits per heavy atom. The SMILES string of the molecule is [CH2]C(O)(F)C(C)c1ccccc1. The fraction of sp³-hybridized carbons (Fsp3) is 0.300. The molecule has 1 radical (unpaired) electrons. The number of benzene rings is 1. The molecule has 2 unspecified atom stereocenters. The van der Waals surface area contributed by atoms with Crippen LogP contribution in [-0.2, 0) is 0 Å². The average Bonchev–Trinajstić information content (AvgIpc) is 2.03. The Morgan fingerprint density at radius 2 is 1.92 bits per heavy atom. The topological polar surface area (TPSA) is 20.2 Å². The highest BCUT2D eigenvalue weighted by Crippen LogP contribution is 2.27. The fourth-order valence-electron chi connectivity index (χ4n) is 0.997. The highest BCUT2D eigenvalue weighted by Gasteiger charge is 2.28. The van der Waals surface area contributed by atoms with Gasteiger partial charge in [-0.25, -0.2) is 4.39 Å². The molecule has 0 heterocycles. The van der Waals surface area contributed by atoms with Gasteiger partial charge in [0, 0.05) is 12.8 Å². The second kappa shape index (κ2) is 3.23. The summed E-state index contributed by atoms with van der Waals surface area (Å²) in [4.78, 5) is 0. The van der Waals surface area contributed by atoms with Crippen LogP contribution in [0.2, 0.25) is 0 Å². The maximum absolute atomic E-state index is 12.9. The van der Waals surface area contributed by atoms with E-state index in [0.29, 0.717) is 0 Å². The Morgan fingerprint density at radius 1 is 1.42 bits per heavy atom. The number of alkyl halides is 1. The molecular formula is C10H12FO. The van der Waals surface area contributed by atoms with Crippen LogP contribution in [0, 0.1) is 6.92 Å². The minimum Gasteiger partial charge on any atom is -0.361 e. The molecular weight excluding hydrogens is 155 g/mol. The molecule has 1 rings (SSSR count). The van der Waals surface area contributed by atoms with Crippen molar-refractivity contribution in [3.63, 3.8) is 0 Å². The van der Waals surface area contributed by atoms with E-state index < -0.39 is 11.8 Å². The van der Waals surface area contributed by atoms with Crippen molar-refractivity contribution < 1.29 is 9.50 Å². The van der Waals surface area contributed by atoms with Crippen molar-refractivity contribution in [2.45, 2.75) is 18.7 Å². The van der Waals surface area contributed by atoms with Crippen molar-refractivity contribution in [2.75, 3.05) is 0 Å². The minimum absolute atomic E-state index is 0.598. The second-order valence-corrected chi connectivity index (χ2v) is 2.95. The zero-order valence-corrected chi connectivity index (χ0v) is 7.00. The summed E-state index contributed by atoms with van der Waals surface area (Å²) >= 11 is 0. The van der Waals surface area contributed by atoms with Gasteiger partial charge in [0.25, 0.3) is 0 Å². The van der Waals surface area contributed by atoms with Crippen molar-refractivity contribution >= 4 is 0 Å². The third-order valence-corrected chi connectivity index (χ3v) is 1.96. The molecule has 0 bridgehead atoms. The number of hydrogen-bond acceptors (Lipinski definition) is 1. The van der Waals surface area contributed by atoms with Crippen LogP contribution in [0.4, 0.5) is 4.39 Å². The van der Waals surface area contributed by atoms with Gasteiger partial charge in [-0.3, -0.25) is 0 Å². The van der Waals surface area contributed by atoms with Gasteiger partial charge in [0.15, 0.2) is 0 Å². The summed E-state index contributed by atoms with van der Waals surface area (Å²) in [7, 11) is 0. The molecule has 0 spiro atoms. The molecule has 0 saturated carbocycles. The van der Waals surface area contributed by atoms with Gasteiger partial charge in [0.1, 0.15) is 0 Å². The molecule has 0 aliphatic heterocycles. The van der Waals surface area contributed by atoms with Gasteiger partial charge in [-0.05, 0) is 5.56 Å². The molecule has 0 aromatic heterocycles. The Bertz CT molecular complexity index is 238. The van der Waals surface area contributed by atoms with Gasteiger partial charge in [-0.2, -0.15) is 0 Å². The molecule has 1 nitrogen and oxygen atoms in total. The molecule has 12 heavy (non-hydrogen) atoms. The molecule has 0 fully saturated rings. The van der Waals surface area contributed by atoms with E-state index in [-0.39, 0.29) is 0 Å². The number of halogens is 1. The van der Waals surface area contributed by atoms with E-state index in [1.54, 1.807) is 31.2 Å². The summed E-state index contributed by atoms with van der Waals surface area (Å²) in [5.41, 5.74) is 0.748. The standard InChI is InChI=1S/C10H12FO/c1-8(10(2,11)12)9-6-4-3-5-7-9/h3-8,12H,2H2,1H3. The maximum Gasteiger partial charge on any atom is 0.213 e. The Labute approximate surface area is 71.9 Å². The lowest BCUT2D eigenvalue weighted by Gasteiger charge is -2.21. The number of rotatable bonds is 2. The molecule has 2 heteroatoms. The van der Waals surface area contributed by atoms with Crippen molar-refractivity contribution in [1.29, 1.82) is 0 Å². The van der Waals surface area contributed by atoms with Gasteiger partial charge in [0.05, 0.1) is 0 Å². The zero-order chi connectivity index (χ0) is 9.19. The fourth-order valence-corrected chi connectivity index (χ4v) is 0.997. The first-order valence-electron chi connectivity index (χ1n) is 3.83. The van der Waals surface area contributed by atoms with Crippen LogP contribution in [0.15, 0.2) is 30.3 Å². The van der Waals surface area contributed by atoms with E-state index in [1.807, 2.05) is 6.07 Å². The van der Waals surface area contributed by atoms with E-state index in [1.165, 1.54) is 0 Å². The summed E-state index contributed by atoms with van der Waals surface area (Å²) in [6.07, 6.45) is 0. The van der Waals surface area contributed by atoms with Crippen LogP contribution in [0.3, 0.4) is 0 Å². The average molecular weight is 167 g/mol. The molecule has 65 valence electrons. The molecule has 0 aliphatic rings. The smallest absolute Gasteiger partial charge is 0.213 e. The van der Waals surface area contributed by atoms with Crippen molar-refractivity contribution in [3.8, 4) is 0 Å². The Balaban J connectivity index is 2.86. The Hall–Kier alpha value is -0.890. The summed E-state index contributed by atoms with van der Waals surface area (Å²) in [5.74, 6) is -2.99. The highest BCUT2D eigenvalue weighted by atomic mass is 19.2. The first-order chi connectivity index (χ1) is 5.52. The van der Waals surface area contributed by atoms with Crippen molar-refractivity contribution in [1.82, 2.24) is 0 Å². The predicted molar refractivity (Wildman–Crippen MR) is 46.3 cm³/mol. The lowest BCUT2D eigenvalue weighted by molar-refractivity contribution is -0.0634. The van der Waals surface area contributed by atoms with Gasteiger partial charge >= 0.3 is 0 Å². The molecule has 2 atom stereocenters. The van der Waals surface area contributed by atoms with Gasteiger partial charge in [-0.15, -0.1) is 0 Å². The van der Waals surface area contributed by atoms with Gasteiger partial charge < -0.3 is 5.11 Å². The van der Waals surface area contributed by atoms with E-state index in [0.717, 1.165) is 5.56 Å². The first-order valence-corrected chi connectivity index (χ1v) is 3.83. The third-order valence-electron chi connectivity index (χ3n) is 1.96. The van der Waals surface area contributed by atoms with E-state index >= 15 is 0 Å². The quantitative estimate of drug-likeness (QED) is 0.716. The molecule has 1 N–H and O–H groups in total. The van der Waals surface area contributed by atoms with Crippen LogP contribution in [0.1, 0.15) is 18.4 Å². The summed E-state index contributed by atoms with van der Waals surface area (Å²) in [6.45, 7) is 4.64. The van der Waals surface area contributed by atoms with Crippen LogP contribution in [0.5, 0.6) is 0 Å². The first kappa shape index (κ1) is 9.20. The molecule has 0 saturated heterocycles. The molecule has 0 aliphatic carbocycles. The van der Waals surface area contributed by atoms with E-state index in [4.69, 9.17) is 5.11 Å². The van der Waals surface area contributed by atoms with E-state index in [9.17, 15) is 4.39 Å². The molecule has 1 aromatic carbocycles. The monoisotopic (exact) mass is 167 g/mol. The summed E-state index contributed by atoms with van der Waals surface area (Å²) in [6, 6.07) is 8.98. The number of aliphatic hydroxyl groups is 1. The predicted octanol–water partition coefficient (Wildman–Crippen LogP) is 2.28. The third kappa shape index (κ3) is 2.05. The molecule has 0 amide bonds. The van der Waals surface area contributed by atoms with Crippen molar-refractivity contribution in [2.24, 2.45) is 0 Å². The number of hydrogen-bond donors (Lipinski definition) is 1. The minimum atomic E-state index is -2.39. The van der Waals surface area contributed by atoms with Crippen LogP contribution < -0.4 is 0 Å². The zero-order valence-electron chi connectivity index (χ0n) is 7.00. The van der Waals surface area contributed by atoms with Crippen molar-refractivity contribution in [3.05, 3.63) is 42.8 Å². The van der Waals surface area contributed by atoms with Crippen LogP contribution in [-0.4, -0.2) is 11.0 Å². The summed E-state index contributed by atoms with van der Waals surface area (Å²) in [5, 5.41) is 8.96. The van der Waals surface area contributed by atoms with Crippen LogP contribution >= 0.6 is 0 Å². The van der Waals surface area contributed by atoms with Gasteiger partial charge in [0.2, 0.25) is 5.85 Å². The lowest BCUT2D eigenvalue weighted by atomic mass is 9.95. The highest BCUT2D eigenvalue weighted by molar-refractivity contribution is 5.21. The largest absolute Gasteiger partial charge is 0.361 e. The molecule has 1 aromatic rings. The van der Waals surface area contributed by atoms with Crippen LogP contribution in [0.25, 0.3) is 0 Å².